The van der Waals surface area contributed by atoms with Crippen LogP contribution in [-0.2, 0) is 0 Å². The molecule has 0 saturated carbocycles. The Morgan fingerprint density at radius 2 is 1.76 bits per heavy atom. The zero-order valence-corrected chi connectivity index (χ0v) is 17.8. The van der Waals surface area contributed by atoms with Crippen molar-refractivity contribution in [3.63, 3.8) is 0 Å². The van der Waals surface area contributed by atoms with Gasteiger partial charge >= 0.3 is 0 Å². The highest BCUT2D eigenvalue weighted by atomic mass is 32.1. The van der Waals surface area contributed by atoms with Crippen LogP contribution in [0.5, 0.6) is 0 Å². The molecule has 7 heteroatoms. The summed E-state index contributed by atoms with van der Waals surface area (Å²) in [5, 5.41) is 2.06. The molecular formula is C22H25N5OS. The fourth-order valence-corrected chi connectivity index (χ4v) is 4.20. The number of carbonyl (C=O) groups excluding carboxylic acids is 1. The highest BCUT2D eigenvalue weighted by Gasteiger charge is 2.23. The van der Waals surface area contributed by atoms with E-state index >= 15 is 0 Å². The fourth-order valence-electron chi connectivity index (χ4n) is 3.47. The molecule has 0 aliphatic carbocycles. The van der Waals surface area contributed by atoms with Crippen LogP contribution in [0, 0.1) is 6.92 Å². The van der Waals surface area contributed by atoms with Gasteiger partial charge in [0, 0.05) is 56.8 Å². The highest BCUT2D eigenvalue weighted by Crippen LogP contribution is 2.25. The first-order valence-corrected chi connectivity index (χ1v) is 10.6. The van der Waals surface area contributed by atoms with Gasteiger partial charge in [0.25, 0.3) is 5.91 Å². The van der Waals surface area contributed by atoms with Crippen molar-refractivity contribution in [2.24, 2.45) is 0 Å². The summed E-state index contributed by atoms with van der Waals surface area (Å²) in [5.41, 5.74) is 1.89. The number of nitrogens with zero attached hydrogens (tertiary/aromatic N) is 5. The second kappa shape index (κ2) is 8.21. The normalized spacial score (nSPS) is 14.2. The number of hydrogen-bond donors (Lipinski definition) is 0. The molecule has 0 unspecified atom stereocenters. The van der Waals surface area contributed by atoms with E-state index in [1.807, 2.05) is 67.2 Å². The zero-order chi connectivity index (χ0) is 20.4. The summed E-state index contributed by atoms with van der Waals surface area (Å²) >= 11 is 1.71. The Morgan fingerprint density at radius 1 is 1.03 bits per heavy atom. The summed E-state index contributed by atoms with van der Waals surface area (Å²) in [7, 11) is 3.96. The molecule has 0 radical (unpaired) electrons. The number of benzene rings is 1. The van der Waals surface area contributed by atoms with Gasteiger partial charge in [0.05, 0.1) is 0 Å². The Morgan fingerprint density at radius 3 is 2.38 bits per heavy atom. The van der Waals surface area contributed by atoms with Crippen LogP contribution >= 0.6 is 11.3 Å². The summed E-state index contributed by atoms with van der Waals surface area (Å²) in [5.74, 6) is 2.68. The van der Waals surface area contributed by atoms with Crippen molar-refractivity contribution in [2.75, 3.05) is 50.1 Å². The molecule has 3 aromatic rings. The molecule has 3 heterocycles. The smallest absolute Gasteiger partial charge is 0.253 e. The van der Waals surface area contributed by atoms with Crippen LogP contribution in [0.25, 0.3) is 10.4 Å². The van der Waals surface area contributed by atoms with E-state index in [-0.39, 0.29) is 5.91 Å². The lowest BCUT2D eigenvalue weighted by Gasteiger charge is -2.35. The summed E-state index contributed by atoms with van der Waals surface area (Å²) in [4.78, 5) is 29.3. The number of hydrogen-bond acceptors (Lipinski definition) is 6. The lowest BCUT2D eigenvalue weighted by molar-refractivity contribution is 0.0746. The van der Waals surface area contributed by atoms with E-state index in [1.54, 1.807) is 11.3 Å². The van der Waals surface area contributed by atoms with Gasteiger partial charge in [-0.15, -0.1) is 11.3 Å². The van der Waals surface area contributed by atoms with E-state index < -0.39 is 0 Å². The Bertz CT molecular complexity index is 977. The van der Waals surface area contributed by atoms with Crippen LogP contribution in [0.4, 0.5) is 11.6 Å². The number of amides is 1. The van der Waals surface area contributed by atoms with Gasteiger partial charge in [-0.3, -0.25) is 4.79 Å². The largest absolute Gasteiger partial charge is 0.363 e. The summed E-state index contributed by atoms with van der Waals surface area (Å²) in [6.45, 7) is 4.82. The number of anilines is 2. The van der Waals surface area contributed by atoms with E-state index in [9.17, 15) is 4.79 Å². The predicted octanol–water partition coefficient (Wildman–Crippen LogP) is 3.54. The molecule has 2 aromatic heterocycles. The van der Waals surface area contributed by atoms with Crippen LogP contribution in [0.1, 0.15) is 16.2 Å². The number of piperazine rings is 1. The average Bonchev–Trinajstić information content (AvgIpc) is 3.28. The Balaban J connectivity index is 1.41. The standard InChI is InChI=1S/C22H25N5OS/c1-16-23-20(25(2)3)15-21(24-16)26-10-12-27(13-11-26)22(28)18-8-6-17(7-9-18)19-5-4-14-29-19/h4-9,14-15H,10-13H2,1-3H3. The first-order valence-electron chi connectivity index (χ1n) is 9.72. The number of aromatic nitrogens is 2. The van der Waals surface area contributed by atoms with Gasteiger partial charge in [0.15, 0.2) is 0 Å². The van der Waals surface area contributed by atoms with E-state index in [2.05, 4.69) is 26.3 Å². The molecule has 1 aliphatic rings. The second-order valence-electron chi connectivity index (χ2n) is 7.36. The molecule has 150 valence electrons. The monoisotopic (exact) mass is 407 g/mol. The van der Waals surface area contributed by atoms with Crippen LogP contribution in [0.3, 0.4) is 0 Å². The van der Waals surface area contributed by atoms with Gasteiger partial charge < -0.3 is 14.7 Å². The summed E-state index contributed by atoms with van der Waals surface area (Å²) < 4.78 is 0. The minimum atomic E-state index is 0.0928. The third-order valence-electron chi connectivity index (χ3n) is 5.10. The van der Waals surface area contributed by atoms with E-state index in [0.717, 1.165) is 41.7 Å². The number of aryl methyl sites for hydroxylation is 1. The molecule has 0 spiro atoms. The zero-order valence-electron chi connectivity index (χ0n) is 17.0. The van der Waals surface area contributed by atoms with Gasteiger partial charge in [-0.1, -0.05) is 18.2 Å². The lowest BCUT2D eigenvalue weighted by Crippen LogP contribution is -2.49. The van der Waals surface area contributed by atoms with Crippen LogP contribution < -0.4 is 9.80 Å². The third-order valence-corrected chi connectivity index (χ3v) is 6.02. The summed E-state index contributed by atoms with van der Waals surface area (Å²) in [6.07, 6.45) is 0. The molecule has 1 saturated heterocycles. The fraction of sp³-hybridized carbons (Fsp3) is 0.318. The quantitative estimate of drug-likeness (QED) is 0.662. The van der Waals surface area contributed by atoms with E-state index in [4.69, 9.17) is 0 Å². The maximum Gasteiger partial charge on any atom is 0.253 e. The SMILES string of the molecule is Cc1nc(N(C)C)cc(N2CCN(C(=O)c3ccc(-c4cccs4)cc3)CC2)n1. The number of carbonyl (C=O) groups is 1. The van der Waals surface area contributed by atoms with Gasteiger partial charge in [0.2, 0.25) is 0 Å². The molecule has 1 aromatic carbocycles. The van der Waals surface area contributed by atoms with Crippen molar-refractivity contribution in [1.29, 1.82) is 0 Å². The van der Waals surface area contributed by atoms with Crippen molar-refractivity contribution in [1.82, 2.24) is 14.9 Å². The van der Waals surface area contributed by atoms with E-state index in [0.29, 0.717) is 13.1 Å². The maximum absolute atomic E-state index is 12.9. The highest BCUT2D eigenvalue weighted by molar-refractivity contribution is 7.13. The Kier molecular flexibility index (Phi) is 5.49. The van der Waals surface area contributed by atoms with Crippen LogP contribution in [-0.4, -0.2) is 61.0 Å². The van der Waals surface area contributed by atoms with Crippen LogP contribution in [0.2, 0.25) is 0 Å². The molecule has 0 atom stereocenters. The molecule has 0 N–H and O–H groups in total. The molecular weight excluding hydrogens is 382 g/mol. The van der Waals surface area contributed by atoms with Crippen molar-refractivity contribution >= 4 is 28.9 Å². The van der Waals surface area contributed by atoms with Crippen molar-refractivity contribution < 1.29 is 4.79 Å². The Labute approximate surface area is 175 Å². The second-order valence-corrected chi connectivity index (χ2v) is 8.31. The van der Waals surface area contributed by atoms with Crippen molar-refractivity contribution in [2.45, 2.75) is 6.92 Å². The number of thiophene rings is 1. The molecule has 4 rings (SSSR count). The Hall–Kier alpha value is -2.93. The summed E-state index contributed by atoms with van der Waals surface area (Å²) in [6, 6.07) is 14.1. The first kappa shape index (κ1) is 19.4. The third kappa shape index (κ3) is 4.24. The predicted molar refractivity (Wildman–Crippen MR) is 119 cm³/mol. The minimum Gasteiger partial charge on any atom is -0.363 e. The molecule has 0 bridgehead atoms. The number of rotatable bonds is 4. The van der Waals surface area contributed by atoms with Gasteiger partial charge in [0.1, 0.15) is 17.5 Å². The van der Waals surface area contributed by atoms with Crippen molar-refractivity contribution in [3.8, 4) is 10.4 Å². The van der Waals surface area contributed by atoms with Crippen molar-refractivity contribution in [3.05, 3.63) is 59.2 Å². The van der Waals surface area contributed by atoms with Crippen LogP contribution in [0.15, 0.2) is 47.8 Å². The topological polar surface area (TPSA) is 52.6 Å². The first-order chi connectivity index (χ1) is 14.0. The average molecular weight is 408 g/mol. The molecule has 1 fully saturated rings. The molecule has 1 aliphatic heterocycles. The minimum absolute atomic E-state index is 0.0928. The maximum atomic E-state index is 12.9. The van der Waals surface area contributed by atoms with E-state index in [1.165, 1.54) is 4.88 Å². The van der Waals surface area contributed by atoms with Gasteiger partial charge in [-0.2, -0.15) is 0 Å². The lowest BCUT2D eigenvalue weighted by atomic mass is 10.1. The molecule has 29 heavy (non-hydrogen) atoms. The van der Waals surface area contributed by atoms with Gasteiger partial charge in [-0.25, -0.2) is 9.97 Å². The molecule has 6 nitrogen and oxygen atoms in total. The van der Waals surface area contributed by atoms with Gasteiger partial charge in [-0.05, 0) is 36.1 Å². The molecule has 1 amide bonds.